The zero-order valence-corrected chi connectivity index (χ0v) is 19.7. The van der Waals surface area contributed by atoms with Crippen molar-refractivity contribution in [2.45, 2.75) is 30.2 Å². The molecule has 2 N–H and O–H groups in total. The first-order chi connectivity index (χ1) is 15.3. The van der Waals surface area contributed by atoms with Crippen LogP contribution in [0.25, 0.3) is 0 Å². The largest absolute Gasteiger partial charge is 0.378 e. The predicted molar refractivity (Wildman–Crippen MR) is 131 cm³/mol. The fraction of sp³-hybridized carbons (Fsp3) is 0.200. The number of fused-ring (bicyclic) bond motifs is 3. The number of sulfonamides is 1. The summed E-state index contributed by atoms with van der Waals surface area (Å²) in [6.07, 6.45) is 5.34. The Hall–Kier alpha value is -2.47. The number of nitrogens with one attached hydrogen (secondary N) is 2. The molecule has 0 radical (unpaired) electrons. The van der Waals surface area contributed by atoms with Crippen LogP contribution in [0.1, 0.15) is 35.1 Å². The minimum absolute atomic E-state index is 0.154. The van der Waals surface area contributed by atoms with Crippen molar-refractivity contribution in [3.05, 3.63) is 99.6 Å². The number of hydrogen-bond donors (Lipinski definition) is 2. The van der Waals surface area contributed by atoms with Crippen molar-refractivity contribution in [3.63, 3.8) is 0 Å². The Morgan fingerprint density at radius 3 is 2.69 bits per heavy atom. The van der Waals surface area contributed by atoms with Gasteiger partial charge in [-0.2, -0.15) is 0 Å². The average molecular weight is 485 g/mol. The molecule has 7 heteroatoms. The normalized spacial score (nSPS) is 21.5. The third kappa shape index (κ3) is 3.90. The van der Waals surface area contributed by atoms with Gasteiger partial charge in [-0.05, 0) is 66.8 Å². The summed E-state index contributed by atoms with van der Waals surface area (Å²) in [4.78, 5) is 0.196. The Bertz CT molecular complexity index is 1340. The zero-order valence-electron chi connectivity index (χ0n) is 17.3. The standard InChI is InChI=1S/C25H22Cl2N2O2S/c1-15-4-2-5-16(12-15)25-20-7-3-6-19(20)21-14-18(9-11-23(21)28-25)32(30,31)29-24-13-17(26)8-10-22(24)27/h2-6,8-14,19-20,25,28-29H,7H2,1H3/t19?,20?,25-/m1/s1. The SMILES string of the molecule is Cc1cccc([C@H]2Nc3ccc(S(=O)(=O)Nc4cc(Cl)ccc4Cl)cc3C3C=CCC32)c1. The molecule has 0 fully saturated rings. The molecule has 0 aromatic heterocycles. The number of anilines is 2. The molecule has 2 unspecified atom stereocenters. The lowest BCUT2D eigenvalue weighted by Gasteiger charge is -2.37. The smallest absolute Gasteiger partial charge is 0.261 e. The van der Waals surface area contributed by atoms with Gasteiger partial charge in [-0.25, -0.2) is 8.42 Å². The summed E-state index contributed by atoms with van der Waals surface area (Å²) in [6, 6.07) is 18.7. The molecule has 0 spiro atoms. The molecule has 4 nitrogen and oxygen atoms in total. The Labute approximate surface area is 198 Å². The minimum atomic E-state index is -3.83. The number of rotatable bonds is 4. The molecule has 0 saturated heterocycles. The van der Waals surface area contributed by atoms with Crippen LogP contribution >= 0.6 is 23.2 Å². The molecule has 0 bridgehead atoms. The van der Waals surface area contributed by atoms with E-state index in [0.29, 0.717) is 10.9 Å². The van der Waals surface area contributed by atoms with Crippen molar-refractivity contribution in [1.29, 1.82) is 0 Å². The third-order valence-corrected chi connectivity index (χ3v) is 8.15. The van der Waals surface area contributed by atoms with Crippen molar-refractivity contribution >= 4 is 44.6 Å². The van der Waals surface area contributed by atoms with Crippen LogP contribution < -0.4 is 10.0 Å². The van der Waals surface area contributed by atoms with Crippen LogP contribution in [0.5, 0.6) is 0 Å². The van der Waals surface area contributed by atoms with Crippen molar-refractivity contribution in [2.24, 2.45) is 5.92 Å². The van der Waals surface area contributed by atoms with Crippen molar-refractivity contribution in [1.82, 2.24) is 0 Å². The number of aryl methyl sites for hydroxylation is 1. The van der Waals surface area contributed by atoms with Crippen LogP contribution in [0, 0.1) is 12.8 Å². The fourth-order valence-electron chi connectivity index (χ4n) is 4.71. The molecule has 0 saturated carbocycles. The van der Waals surface area contributed by atoms with Gasteiger partial charge in [-0.3, -0.25) is 4.72 Å². The van der Waals surface area contributed by atoms with Crippen LogP contribution in [0.2, 0.25) is 10.0 Å². The van der Waals surface area contributed by atoms with Gasteiger partial charge in [0.05, 0.1) is 21.6 Å². The van der Waals surface area contributed by atoms with Crippen molar-refractivity contribution in [2.75, 3.05) is 10.0 Å². The summed E-state index contributed by atoms with van der Waals surface area (Å²) < 4.78 is 28.8. The lowest BCUT2D eigenvalue weighted by Crippen LogP contribution is -2.29. The van der Waals surface area contributed by atoms with Gasteiger partial charge in [0.25, 0.3) is 10.0 Å². The molecule has 164 valence electrons. The summed E-state index contributed by atoms with van der Waals surface area (Å²) in [6.45, 7) is 2.10. The topological polar surface area (TPSA) is 58.2 Å². The van der Waals surface area contributed by atoms with Gasteiger partial charge in [-0.1, -0.05) is 65.2 Å². The Morgan fingerprint density at radius 2 is 1.88 bits per heavy atom. The van der Waals surface area contributed by atoms with Gasteiger partial charge in [-0.15, -0.1) is 0 Å². The van der Waals surface area contributed by atoms with E-state index in [0.717, 1.165) is 17.7 Å². The Morgan fingerprint density at radius 1 is 1.03 bits per heavy atom. The first-order valence-corrected chi connectivity index (χ1v) is 12.7. The van der Waals surface area contributed by atoms with Crippen LogP contribution in [-0.2, 0) is 10.0 Å². The number of allylic oxidation sites excluding steroid dienone is 2. The number of halogens is 2. The molecular formula is C25H22Cl2N2O2S. The highest BCUT2D eigenvalue weighted by Crippen LogP contribution is 2.50. The maximum atomic E-state index is 13.1. The van der Waals surface area contributed by atoms with Gasteiger partial charge in [0.2, 0.25) is 0 Å². The molecule has 3 aromatic carbocycles. The lowest BCUT2D eigenvalue weighted by atomic mass is 9.77. The first-order valence-electron chi connectivity index (χ1n) is 10.4. The van der Waals surface area contributed by atoms with E-state index in [1.165, 1.54) is 17.2 Å². The van der Waals surface area contributed by atoms with E-state index in [4.69, 9.17) is 23.2 Å². The Kier molecular flexibility index (Phi) is 5.44. The van der Waals surface area contributed by atoms with Crippen molar-refractivity contribution in [3.8, 4) is 0 Å². The quantitative estimate of drug-likeness (QED) is 0.394. The van der Waals surface area contributed by atoms with Crippen LogP contribution in [0.3, 0.4) is 0 Å². The van der Waals surface area contributed by atoms with Gasteiger partial charge in [0.15, 0.2) is 0 Å². The van der Waals surface area contributed by atoms with Crippen LogP contribution in [0.15, 0.2) is 77.7 Å². The highest BCUT2D eigenvalue weighted by molar-refractivity contribution is 7.92. The first kappa shape index (κ1) is 21.4. The minimum Gasteiger partial charge on any atom is -0.378 e. The molecule has 32 heavy (non-hydrogen) atoms. The second-order valence-electron chi connectivity index (χ2n) is 8.37. The summed E-state index contributed by atoms with van der Waals surface area (Å²) in [5.74, 6) is 0.485. The molecule has 2 aliphatic rings. The predicted octanol–water partition coefficient (Wildman–Crippen LogP) is 6.93. The van der Waals surface area contributed by atoms with E-state index < -0.39 is 10.0 Å². The van der Waals surface area contributed by atoms with Crippen LogP contribution in [-0.4, -0.2) is 8.42 Å². The van der Waals surface area contributed by atoms with Gasteiger partial charge < -0.3 is 5.32 Å². The average Bonchev–Trinajstić information content (AvgIpc) is 3.25. The fourth-order valence-corrected chi connectivity index (χ4v) is 6.21. The molecule has 1 aliphatic carbocycles. The molecule has 0 amide bonds. The van der Waals surface area contributed by atoms with Gasteiger partial charge in [0, 0.05) is 16.6 Å². The van der Waals surface area contributed by atoms with E-state index in [1.807, 2.05) is 6.07 Å². The maximum absolute atomic E-state index is 13.1. The molecule has 1 heterocycles. The van der Waals surface area contributed by atoms with E-state index in [-0.39, 0.29) is 27.6 Å². The van der Waals surface area contributed by atoms with E-state index in [2.05, 4.69) is 53.4 Å². The third-order valence-electron chi connectivity index (χ3n) is 6.22. The highest BCUT2D eigenvalue weighted by atomic mass is 35.5. The highest BCUT2D eigenvalue weighted by Gasteiger charge is 2.38. The molecule has 3 atom stereocenters. The number of benzene rings is 3. The Balaban J connectivity index is 1.50. The zero-order chi connectivity index (χ0) is 22.5. The molecule has 1 aliphatic heterocycles. The van der Waals surface area contributed by atoms with E-state index in [1.54, 1.807) is 24.3 Å². The molecule has 5 rings (SSSR count). The summed E-state index contributed by atoms with van der Waals surface area (Å²) in [5, 5.41) is 4.36. The van der Waals surface area contributed by atoms with E-state index >= 15 is 0 Å². The second kappa shape index (κ2) is 8.14. The van der Waals surface area contributed by atoms with Crippen LogP contribution in [0.4, 0.5) is 11.4 Å². The monoisotopic (exact) mass is 484 g/mol. The van der Waals surface area contributed by atoms with Crippen molar-refractivity contribution < 1.29 is 8.42 Å². The second-order valence-corrected chi connectivity index (χ2v) is 10.9. The summed E-state index contributed by atoms with van der Waals surface area (Å²) >= 11 is 12.2. The maximum Gasteiger partial charge on any atom is 0.261 e. The van der Waals surface area contributed by atoms with Gasteiger partial charge in [0.1, 0.15) is 0 Å². The summed E-state index contributed by atoms with van der Waals surface area (Å²) in [5.41, 5.74) is 4.69. The summed E-state index contributed by atoms with van der Waals surface area (Å²) in [7, 11) is -3.83. The lowest BCUT2D eigenvalue weighted by molar-refractivity contribution is 0.425. The number of hydrogen-bond acceptors (Lipinski definition) is 3. The molecule has 3 aromatic rings. The van der Waals surface area contributed by atoms with Gasteiger partial charge >= 0.3 is 0 Å². The molecular weight excluding hydrogens is 463 g/mol. The van der Waals surface area contributed by atoms with E-state index in [9.17, 15) is 8.42 Å².